The average Bonchev–Trinajstić information content (AvgIpc) is 1.68. The van der Waals surface area contributed by atoms with Crippen LogP contribution in [0, 0.1) is 0 Å². The smallest absolute Gasteiger partial charge is 0.308 e. The van der Waals surface area contributed by atoms with Gasteiger partial charge >= 0.3 is 5.97 Å². The fraction of sp³-hybridized carbons (Fsp3) is 0.750. The van der Waals surface area contributed by atoms with Crippen LogP contribution in [0.2, 0.25) is 0 Å². The van der Waals surface area contributed by atoms with Crippen molar-refractivity contribution in [3.8, 4) is 0 Å². The highest BCUT2D eigenvalue weighted by molar-refractivity contribution is 6.19. The Morgan fingerprint density at radius 2 is 2.12 bits per heavy atom. The molecule has 0 aliphatic carbocycles. The number of rotatable bonds is 3. The first-order valence-electron chi connectivity index (χ1n) is 2.08. The minimum atomic E-state index is -0.352. The van der Waals surface area contributed by atoms with Crippen LogP contribution in [-0.4, -0.2) is 17.9 Å². The zero-order chi connectivity index (χ0) is 6.41. The molecule has 0 spiro atoms. The lowest BCUT2D eigenvalue weighted by molar-refractivity contribution is -0.141. The fourth-order valence-corrected chi connectivity index (χ4v) is 0.486. The first-order valence-corrected chi connectivity index (χ1v) is 3.15. The lowest BCUT2D eigenvalue weighted by atomic mass is 10.5. The second kappa shape index (κ2) is 5.19. The molecule has 0 saturated carbocycles. The number of halogens is 2. The van der Waals surface area contributed by atoms with Gasteiger partial charge in [0.25, 0.3) is 0 Å². The number of esters is 1. The van der Waals surface area contributed by atoms with E-state index in [2.05, 4.69) is 4.74 Å². The van der Waals surface area contributed by atoms with Crippen molar-refractivity contribution in [2.45, 2.75) is 6.42 Å². The van der Waals surface area contributed by atoms with Gasteiger partial charge in [0.15, 0.2) is 6.07 Å². The Hall–Kier alpha value is 0.0500. The molecule has 0 saturated heterocycles. The summed E-state index contributed by atoms with van der Waals surface area (Å²) >= 11 is 10.2. The van der Waals surface area contributed by atoms with Crippen molar-refractivity contribution >= 4 is 29.2 Å². The molecular formula is C4H6Cl2O2. The number of carbonyl (C=O) groups is 1. The zero-order valence-electron chi connectivity index (χ0n) is 4.19. The number of ether oxygens (including phenoxy) is 1. The third-order valence-corrected chi connectivity index (χ3v) is 0.812. The molecule has 0 fully saturated rings. The Balaban J connectivity index is 3.06. The van der Waals surface area contributed by atoms with E-state index in [4.69, 9.17) is 23.2 Å². The van der Waals surface area contributed by atoms with Crippen molar-refractivity contribution in [1.29, 1.82) is 0 Å². The van der Waals surface area contributed by atoms with Gasteiger partial charge in [-0.1, -0.05) is 11.6 Å². The van der Waals surface area contributed by atoms with Crippen LogP contribution in [0.1, 0.15) is 6.42 Å². The molecule has 0 amide bonds. The molecule has 0 N–H and O–H groups in total. The molecule has 0 heterocycles. The third-order valence-electron chi connectivity index (χ3n) is 0.514. The summed E-state index contributed by atoms with van der Waals surface area (Å²) in [6, 6.07) is -0.0876. The lowest BCUT2D eigenvalue weighted by Crippen LogP contribution is -2.02. The standard InChI is InChI=1S/C4H6Cl2O2/c5-2-1-4(7)8-3-6/h1-3H2. The molecule has 48 valence electrons. The summed E-state index contributed by atoms with van der Waals surface area (Å²) in [6.07, 6.45) is 0.230. The average molecular weight is 157 g/mol. The summed E-state index contributed by atoms with van der Waals surface area (Å²) in [7, 11) is 0. The maximum atomic E-state index is 10.3. The van der Waals surface area contributed by atoms with Crippen LogP contribution >= 0.6 is 23.2 Å². The first kappa shape index (κ1) is 8.05. The van der Waals surface area contributed by atoms with E-state index in [9.17, 15) is 4.79 Å². The van der Waals surface area contributed by atoms with Gasteiger partial charge in [-0.3, -0.25) is 4.79 Å². The highest BCUT2D eigenvalue weighted by Gasteiger charge is 1.97. The molecule has 0 bridgehead atoms. The van der Waals surface area contributed by atoms with E-state index in [1.165, 1.54) is 0 Å². The van der Waals surface area contributed by atoms with Gasteiger partial charge in [0.2, 0.25) is 0 Å². The Morgan fingerprint density at radius 1 is 1.50 bits per heavy atom. The second-order valence-electron chi connectivity index (χ2n) is 1.06. The van der Waals surface area contributed by atoms with E-state index in [-0.39, 0.29) is 24.3 Å². The lowest BCUT2D eigenvalue weighted by Gasteiger charge is -1.94. The number of hydrogen-bond donors (Lipinski definition) is 0. The minimum absolute atomic E-state index is 0.0876. The van der Waals surface area contributed by atoms with Crippen LogP contribution in [0.5, 0.6) is 0 Å². The molecular weight excluding hydrogens is 151 g/mol. The minimum Gasteiger partial charge on any atom is -0.449 e. The van der Waals surface area contributed by atoms with Gasteiger partial charge < -0.3 is 4.74 Å². The predicted octanol–water partition coefficient (Wildman–Crippen LogP) is 1.35. The second-order valence-corrected chi connectivity index (χ2v) is 1.66. The summed E-state index contributed by atoms with van der Waals surface area (Å²) in [6.45, 7) is 0. The molecule has 0 unspecified atom stereocenters. The molecule has 4 heteroatoms. The molecule has 0 aromatic rings. The van der Waals surface area contributed by atoms with Gasteiger partial charge in [0.05, 0.1) is 6.42 Å². The van der Waals surface area contributed by atoms with Gasteiger partial charge in [-0.05, 0) is 0 Å². The van der Waals surface area contributed by atoms with E-state index in [0.717, 1.165) is 0 Å². The van der Waals surface area contributed by atoms with Gasteiger partial charge in [-0.15, -0.1) is 11.6 Å². The normalized spacial score (nSPS) is 8.75. The Morgan fingerprint density at radius 3 is 2.50 bits per heavy atom. The number of alkyl halides is 2. The summed E-state index contributed by atoms with van der Waals surface area (Å²) in [4.78, 5) is 10.3. The molecule has 0 radical (unpaired) electrons. The Labute approximate surface area is 57.7 Å². The van der Waals surface area contributed by atoms with Crippen LogP contribution < -0.4 is 0 Å². The van der Waals surface area contributed by atoms with E-state index >= 15 is 0 Å². The topological polar surface area (TPSA) is 26.3 Å². The van der Waals surface area contributed by atoms with E-state index in [0.29, 0.717) is 0 Å². The van der Waals surface area contributed by atoms with Crippen molar-refractivity contribution in [3.63, 3.8) is 0 Å². The maximum Gasteiger partial charge on any atom is 0.308 e. The highest BCUT2D eigenvalue weighted by atomic mass is 35.5. The van der Waals surface area contributed by atoms with Crippen molar-refractivity contribution in [3.05, 3.63) is 0 Å². The van der Waals surface area contributed by atoms with Gasteiger partial charge in [0.1, 0.15) is 0 Å². The van der Waals surface area contributed by atoms with Crippen molar-refractivity contribution < 1.29 is 9.53 Å². The summed E-state index contributed by atoms with van der Waals surface area (Å²) in [5.41, 5.74) is 0. The summed E-state index contributed by atoms with van der Waals surface area (Å²) < 4.78 is 4.32. The highest BCUT2D eigenvalue weighted by Crippen LogP contribution is 1.89. The molecule has 0 aromatic carbocycles. The summed E-state index contributed by atoms with van der Waals surface area (Å²) in [5, 5.41) is 0. The van der Waals surface area contributed by atoms with Crippen LogP contribution in [-0.2, 0) is 9.53 Å². The molecule has 0 aliphatic heterocycles. The molecule has 8 heavy (non-hydrogen) atoms. The van der Waals surface area contributed by atoms with E-state index < -0.39 is 0 Å². The maximum absolute atomic E-state index is 10.3. The Kier molecular flexibility index (Phi) is 5.22. The number of hydrogen-bond acceptors (Lipinski definition) is 2. The molecule has 0 aliphatic rings. The number of carbonyl (C=O) groups excluding carboxylic acids is 1. The Bertz CT molecular complexity index is 66.4. The monoisotopic (exact) mass is 156 g/mol. The van der Waals surface area contributed by atoms with Gasteiger partial charge in [-0.25, -0.2) is 0 Å². The first-order chi connectivity index (χ1) is 3.81. The molecule has 0 aromatic heterocycles. The van der Waals surface area contributed by atoms with Gasteiger partial charge in [-0.2, -0.15) is 0 Å². The van der Waals surface area contributed by atoms with Gasteiger partial charge in [0, 0.05) is 5.88 Å². The summed E-state index contributed by atoms with van der Waals surface area (Å²) in [5.74, 6) is -0.0644. The van der Waals surface area contributed by atoms with Crippen LogP contribution in [0.3, 0.4) is 0 Å². The van der Waals surface area contributed by atoms with E-state index in [1.807, 2.05) is 0 Å². The van der Waals surface area contributed by atoms with Crippen LogP contribution in [0.15, 0.2) is 0 Å². The van der Waals surface area contributed by atoms with Crippen molar-refractivity contribution in [2.24, 2.45) is 0 Å². The van der Waals surface area contributed by atoms with Crippen molar-refractivity contribution in [1.82, 2.24) is 0 Å². The fourth-order valence-electron chi connectivity index (χ4n) is 0.210. The van der Waals surface area contributed by atoms with Crippen molar-refractivity contribution in [2.75, 3.05) is 11.9 Å². The molecule has 0 rings (SSSR count). The van der Waals surface area contributed by atoms with E-state index in [1.54, 1.807) is 0 Å². The predicted molar refractivity (Wildman–Crippen MR) is 32.1 cm³/mol. The third kappa shape index (κ3) is 4.22. The molecule has 2 nitrogen and oxygen atoms in total. The quantitative estimate of drug-likeness (QED) is 0.456. The SMILES string of the molecule is O=C(CCCl)OCCl. The van der Waals surface area contributed by atoms with Crippen LogP contribution in [0.4, 0.5) is 0 Å². The molecule has 0 atom stereocenters. The zero-order valence-corrected chi connectivity index (χ0v) is 5.71. The van der Waals surface area contributed by atoms with Crippen LogP contribution in [0.25, 0.3) is 0 Å². The largest absolute Gasteiger partial charge is 0.449 e.